The number of nitrogens with one attached hydrogen (secondary N) is 2. The molecular weight excluding hydrogens is 472 g/mol. The Kier molecular flexibility index (Phi) is 12.2. The molecule has 26 heavy (non-hydrogen) atoms. The largest absolute Gasteiger partial charge is 0.379 e. The van der Waals surface area contributed by atoms with Crippen LogP contribution in [0.15, 0.2) is 23.2 Å². The van der Waals surface area contributed by atoms with E-state index >= 15 is 0 Å². The summed E-state index contributed by atoms with van der Waals surface area (Å²) in [7, 11) is 1.71. The topological polar surface area (TPSA) is 54.9 Å². The van der Waals surface area contributed by atoms with E-state index in [0.717, 1.165) is 32.4 Å². The van der Waals surface area contributed by atoms with E-state index in [0.29, 0.717) is 42.7 Å². The number of hydrogen-bond acceptors (Lipinski definition) is 3. The maximum absolute atomic E-state index is 13.7. The van der Waals surface area contributed by atoms with Crippen molar-refractivity contribution in [2.75, 3.05) is 40.0 Å². The highest BCUT2D eigenvalue weighted by molar-refractivity contribution is 14.0. The number of ether oxygens (including phenoxy) is 2. The average Bonchev–Trinajstić information content (AvgIpc) is 3.12. The van der Waals surface area contributed by atoms with Gasteiger partial charge < -0.3 is 20.1 Å². The Labute approximate surface area is 177 Å². The number of benzene rings is 1. The molecule has 2 N–H and O–H groups in total. The van der Waals surface area contributed by atoms with Crippen molar-refractivity contribution < 1.29 is 13.9 Å². The number of hydrogen-bond donors (Lipinski definition) is 2. The molecule has 1 aliphatic heterocycles. The summed E-state index contributed by atoms with van der Waals surface area (Å²) in [4.78, 5) is 4.15. The lowest BCUT2D eigenvalue weighted by Gasteiger charge is -2.13. The molecule has 1 saturated heterocycles. The Balaban J connectivity index is 0.00000338. The summed E-state index contributed by atoms with van der Waals surface area (Å²) in [5.41, 5.74) is 0.523. The Morgan fingerprint density at radius 3 is 2.88 bits per heavy atom. The monoisotopic (exact) mass is 499 g/mol. The van der Waals surface area contributed by atoms with Crippen LogP contribution in [0.4, 0.5) is 4.39 Å². The standard InChI is InChI=1S/C18H27ClFN3O2.HI/c1-21-18(22-9-4-11-24-13-14-5-3-12-25-14)23-10-8-15-16(19)6-2-7-17(15)20;/h2,6-7,14H,3-5,8-13H2,1H3,(H2,21,22,23);1H. The van der Waals surface area contributed by atoms with Crippen LogP contribution in [0.1, 0.15) is 24.8 Å². The molecule has 1 aliphatic rings. The third kappa shape index (κ3) is 8.37. The van der Waals surface area contributed by atoms with Crippen molar-refractivity contribution in [3.8, 4) is 0 Å². The highest BCUT2D eigenvalue weighted by atomic mass is 127. The van der Waals surface area contributed by atoms with Crippen LogP contribution < -0.4 is 10.6 Å². The molecule has 1 aromatic rings. The maximum Gasteiger partial charge on any atom is 0.190 e. The first-order chi connectivity index (χ1) is 12.2. The van der Waals surface area contributed by atoms with Gasteiger partial charge in [0.25, 0.3) is 0 Å². The van der Waals surface area contributed by atoms with Crippen molar-refractivity contribution in [1.29, 1.82) is 0 Å². The third-order valence-electron chi connectivity index (χ3n) is 4.04. The molecule has 8 heteroatoms. The molecule has 1 aromatic carbocycles. The molecule has 1 fully saturated rings. The summed E-state index contributed by atoms with van der Waals surface area (Å²) >= 11 is 6.02. The van der Waals surface area contributed by atoms with Gasteiger partial charge in [-0.1, -0.05) is 17.7 Å². The number of aliphatic imine (C=N–C) groups is 1. The second-order valence-electron chi connectivity index (χ2n) is 5.94. The van der Waals surface area contributed by atoms with Gasteiger partial charge in [-0.05, 0) is 37.8 Å². The number of rotatable bonds is 9. The van der Waals surface area contributed by atoms with E-state index in [9.17, 15) is 4.39 Å². The highest BCUT2D eigenvalue weighted by Crippen LogP contribution is 2.18. The number of nitrogens with zero attached hydrogens (tertiary/aromatic N) is 1. The van der Waals surface area contributed by atoms with E-state index < -0.39 is 0 Å². The summed E-state index contributed by atoms with van der Waals surface area (Å²) in [6.45, 7) is 3.53. The molecule has 1 heterocycles. The van der Waals surface area contributed by atoms with Crippen LogP contribution in [0, 0.1) is 5.82 Å². The molecule has 1 atom stereocenters. The molecule has 2 rings (SSSR count). The molecule has 5 nitrogen and oxygen atoms in total. The Bertz CT molecular complexity index is 537. The van der Waals surface area contributed by atoms with Crippen LogP contribution in [0.5, 0.6) is 0 Å². The zero-order valence-electron chi connectivity index (χ0n) is 15.1. The highest BCUT2D eigenvalue weighted by Gasteiger charge is 2.14. The van der Waals surface area contributed by atoms with Crippen LogP contribution in [0.2, 0.25) is 5.02 Å². The van der Waals surface area contributed by atoms with Gasteiger partial charge >= 0.3 is 0 Å². The lowest BCUT2D eigenvalue weighted by atomic mass is 10.1. The van der Waals surface area contributed by atoms with E-state index in [2.05, 4.69) is 15.6 Å². The van der Waals surface area contributed by atoms with Gasteiger partial charge in [0.15, 0.2) is 5.96 Å². The molecule has 148 valence electrons. The summed E-state index contributed by atoms with van der Waals surface area (Å²) in [6.07, 6.45) is 3.88. The first kappa shape index (κ1) is 23.4. The average molecular weight is 500 g/mol. The summed E-state index contributed by atoms with van der Waals surface area (Å²) < 4.78 is 24.8. The lowest BCUT2D eigenvalue weighted by molar-refractivity contribution is 0.0168. The Morgan fingerprint density at radius 2 is 2.19 bits per heavy atom. The molecule has 0 radical (unpaired) electrons. The van der Waals surface area contributed by atoms with Gasteiger partial charge in [-0.3, -0.25) is 4.99 Å². The van der Waals surface area contributed by atoms with Gasteiger partial charge in [0, 0.05) is 43.9 Å². The fraction of sp³-hybridized carbons (Fsp3) is 0.611. The minimum absolute atomic E-state index is 0. The second kappa shape index (κ2) is 13.5. The fourth-order valence-corrected chi connectivity index (χ4v) is 2.93. The summed E-state index contributed by atoms with van der Waals surface area (Å²) in [6, 6.07) is 4.73. The van der Waals surface area contributed by atoms with Gasteiger partial charge in [-0.15, -0.1) is 24.0 Å². The van der Waals surface area contributed by atoms with E-state index in [1.165, 1.54) is 6.07 Å². The molecule has 1 unspecified atom stereocenters. The van der Waals surface area contributed by atoms with Crippen molar-refractivity contribution in [3.63, 3.8) is 0 Å². The third-order valence-corrected chi connectivity index (χ3v) is 4.39. The predicted octanol–water partition coefficient (Wildman–Crippen LogP) is 3.39. The Morgan fingerprint density at radius 1 is 1.38 bits per heavy atom. The van der Waals surface area contributed by atoms with Crippen molar-refractivity contribution in [1.82, 2.24) is 10.6 Å². The van der Waals surface area contributed by atoms with Gasteiger partial charge in [0.1, 0.15) is 5.82 Å². The molecule has 0 saturated carbocycles. The van der Waals surface area contributed by atoms with Crippen molar-refractivity contribution in [3.05, 3.63) is 34.6 Å². The van der Waals surface area contributed by atoms with Gasteiger partial charge in [-0.2, -0.15) is 0 Å². The van der Waals surface area contributed by atoms with Crippen LogP contribution in [-0.4, -0.2) is 52.0 Å². The van der Waals surface area contributed by atoms with Crippen LogP contribution in [0.25, 0.3) is 0 Å². The minimum Gasteiger partial charge on any atom is -0.379 e. The maximum atomic E-state index is 13.7. The second-order valence-corrected chi connectivity index (χ2v) is 6.35. The molecule has 0 bridgehead atoms. The number of halogens is 3. The lowest BCUT2D eigenvalue weighted by Crippen LogP contribution is -2.39. The van der Waals surface area contributed by atoms with Crippen molar-refractivity contribution in [2.45, 2.75) is 31.8 Å². The van der Waals surface area contributed by atoms with E-state index in [-0.39, 0.29) is 35.9 Å². The van der Waals surface area contributed by atoms with Crippen LogP contribution in [-0.2, 0) is 15.9 Å². The van der Waals surface area contributed by atoms with E-state index in [1.807, 2.05) is 0 Å². The quantitative estimate of drug-likeness (QED) is 0.237. The fourth-order valence-electron chi connectivity index (χ4n) is 2.67. The van der Waals surface area contributed by atoms with Crippen molar-refractivity contribution >= 4 is 41.5 Å². The van der Waals surface area contributed by atoms with Crippen molar-refractivity contribution in [2.24, 2.45) is 4.99 Å². The first-order valence-corrected chi connectivity index (χ1v) is 9.15. The zero-order chi connectivity index (χ0) is 17.9. The molecule has 0 spiro atoms. The summed E-state index contributed by atoms with van der Waals surface area (Å²) in [5.74, 6) is 0.409. The van der Waals surface area contributed by atoms with Gasteiger partial charge in [0.2, 0.25) is 0 Å². The van der Waals surface area contributed by atoms with Gasteiger partial charge in [-0.25, -0.2) is 4.39 Å². The smallest absolute Gasteiger partial charge is 0.190 e. The number of guanidine groups is 1. The minimum atomic E-state index is -0.277. The van der Waals surface area contributed by atoms with Gasteiger partial charge in [0.05, 0.1) is 12.7 Å². The van der Waals surface area contributed by atoms with Crippen LogP contribution >= 0.6 is 35.6 Å². The molecule has 0 aliphatic carbocycles. The zero-order valence-corrected chi connectivity index (χ0v) is 18.2. The molecule has 0 amide bonds. The van der Waals surface area contributed by atoms with Crippen LogP contribution in [0.3, 0.4) is 0 Å². The SMILES string of the molecule is CN=C(NCCCOCC1CCCO1)NCCc1c(F)cccc1Cl.I. The normalized spacial score (nSPS) is 17.0. The Hall–Kier alpha value is -0.640. The van der Waals surface area contributed by atoms with E-state index in [4.69, 9.17) is 21.1 Å². The van der Waals surface area contributed by atoms with E-state index in [1.54, 1.807) is 19.2 Å². The summed E-state index contributed by atoms with van der Waals surface area (Å²) in [5, 5.41) is 6.83. The predicted molar refractivity (Wildman–Crippen MR) is 114 cm³/mol. The molecular formula is C18H28ClFIN3O2. The first-order valence-electron chi connectivity index (χ1n) is 8.77. The molecule has 0 aromatic heterocycles.